The average Bonchev–Trinajstić information content (AvgIpc) is 3.55. The lowest BCUT2D eigenvalue weighted by atomic mass is 10.1. The number of aromatic nitrogens is 2. The Morgan fingerprint density at radius 3 is 2.39 bits per heavy atom. The Hall–Kier alpha value is -4.49. The molecule has 0 saturated heterocycles. The average molecular weight is 493 g/mol. The van der Waals surface area contributed by atoms with Gasteiger partial charge in [-0.1, -0.05) is 54.1 Å². The molecule has 0 bridgehead atoms. The molecular weight excluding hydrogens is 468 g/mol. The van der Waals surface area contributed by atoms with E-state index in [4.69, 9.17) is 5.10 Å². The fourth-order valence-corrected chi connectivity index (χ4v) is 4.60. The monoisotopic (exact) mass is 492 g/mol. The largest absolute Gasteiger partial charge is 0.321 e. The van der Waals surface area contributed by atoms with Crippen LogP contribution < -0.4 is 10.6 Å². The van der Waals surface area contributed by atoms with Crippen LogP contribution >= 0.6 is 11.3 Å². The second kappa shape index (κ2) is 10.0. The highest BCUT2D eigenvalue weighted by Crippen LogP contribution is 2.31. The molecule has 0 aliphatic heterocycles. The molecule has 0 fully saturated rings. The highest BCUT2D eigenvalue weighted by Gasteiger charge is 2.17. The predicted octanol–water partition coefficient (Wildman–Crippen LogP) is 6.72. The van der Waals surface area contributed by atoms with Crippen LogP contribution in [0.1, 0.15) is 31.3 Å². The number of benzene rings is 3. The summed E-state index contributed by atoms with van der Waals surface area (Å²) in [6.45, 7) is 3.88. The van der Waals surface area contributed by atoms with Crippen LogP contribution in [0.25, 0.3) is 16.9 Å². The quantitative estimate of drug-likeness (QED) is 0.276. The van der Waals surface area contributed by atoms with Gasteiger partial charge >= 0.3 is 0 Å². The first-order chi connectivity index (χ1) is 17.5. The number of anilines is 2. The summed E-state index contributed by atoms with van der Waals surface area (Å²) in [7, 11) is 0. The molecule has 0 aliphatic rings. The highest BCUT2D eigenvalue weighted by molar-refractivity contribution is 7.12. The van der Waals surface area contributed by atoms with E-state index in [1.165, 1.54) is 11.3 Å². The standard InChI is InChI=1S/C29H24N4O2S/c1-19-8-6-11-22(16-19)28(34)31-24-18-23(30-29(35)27-12-7-15-36-27)13-14-25(24)33-26(17-20(2)32-33)21-9-4-3-5-10-21/h3-18H,1-2H3,(H,30,35)(H,31,34). The third-order valence-electron chi connectivity index (χ3n) is 5.66. The van der Waals surface area contributed by atoms with Gasteiger partial charge in [0.25, 0.3) is 11.8 Å². The van der Waals surface area contributed by atoms with E-state index in [2.05, 4.69) is 10.6 Å². The molecule has 5 aromatic rings. The molecule has 2 heterocycles. The maximum absolute atomic E-state index is 13.2. The van der Waals surface area contributed by atoms with E-state index in [1.54, 1.807) is 18.2 Å². The van der Waals surface area contributed by atoms with E-state index in [0.717, 1.165) is 22.5 Å². The summed E-state index contributed by atoms with van der Waals surface area (Å²) < 4.78 is 1.82. The molecule has 2 aromatic heterocycles. The lowest BCUT2D eigenvalue weighted by molar-refractivity contribution is 0.102. The van der Waals surface area contributed by atoms with Gasteiger partial charge in [0, 0.05) is 16.8 Å². The van der Waals surface area contributed by atoms with Crippen molar-refractivity contribution < 1.29 is 9.59 Å². The molecule has 5 rings (SSSR count). The molecular formula is C29H24N4O2S. The van der Waals surface area contributed by atoms with E-state index in [9.17, 15) is 9.59 Å². The SMILES string of the molecule is Cc1cccc(C(=O)Nc2cc(NC(=O)c3cccs3)ccc2-n2nc(C)cc2-c2ccccc2)c1. The molecule has 2 amide bonds. The van der Waals surface area contributed by atoms with Crippen molar-refractivity contribution in [1.82, 2.24) is 9.78 Å². The number of nitrogens with one attached hydrogen (secondary N) is 2. The smallest absolute Gasteiger partial charge is 0.265 e. The van der Waals surface area contributed by atoms with Gasteiger partial charge in [-0.25, -0.2) is 4.68 Å². The minimum atomic E-state index is -0.244. The lowest BCUT2D eigenvalue weighted by Crippen LogP contribution is -2.16. The summed E-state index contributed by atoms with van der Waals surface area (Å²) in [5, 5.41) is 12.5. The molecule has 0 aliphatic carbocycles. The fourth-order valence-electron chi connectivity index (χ4n) is 3.98. The second-order valence-electron chi connectivity index (χ2n) is 8.44. The van der Waals surface area contributed by atoms with E-state index < -0.39 is 0 Å². The lowest BCUT2D eigenvalue weighted by Gasteiger charge is -2.16. The molecule has 36 heavy (non-hydrogen) atoms. The molecule has 178 valence electrons. The van der Waals surface area contributed by atoms with Crippen LogP contribution in [0.15, 0.2) is 96.4 Å². The zero-order chi connectivity index (χ0) is 25.1. The van der Waals surface area contributed by atoms with Crippen LogP contribution in [0.3, 0.4) is 0 Å². The van der Waals surface area contributed by atoms with Gasteiger partial charge in [0.15, 0.2) is 0 Å². The van der Waals surface area contributed by atoms with Crippen molar-refractivity contribution in [1.29, 1.82) is 0 Å². The first-order valence-corrected chi connectivity index (χ1v) is 12.4. The summed E-state index contributed by atoms with van der Waals surface area (Å²) in [6.07, 6.45) is 0. The molecule has 0 saturated carbocycles. The van der Waals surface area contributed by atoms with Crippen molar-refractivity contribution in [3.63, 3.8) is 0 Å². The third kappa shape index (κ3) is 4.96. The molecule has 0 radical (unpaired) electrons. The van der Waals surface area contributed by atoms with Crippen LogP contribution in [0.5, 0.6) is 0 Å². The van der Waals surface area contributed by atoms with Crippen molar-refractivity contribution in [2.75, 3.05) is 10.6 Å². The number of nitrogens with zero attached hydrogens (tertiary/aromatic N) is 2. The highest BCUT2D eigenvalue weighted by atomic mass is 32.1. The molecule has 6 nitrogen and oxygen atoms in total. The van der Waals surface area contributed by atoms with E-state index in [1.807, 2.05) is 96.7 Å². The van der Waals surface area contributed by atoms with Crippen molar-refractivity contribution in [3.05, 3.63) is 118 Å². The number of hydrogen-bond donors (Lipinski definition) is 2. The predicted molar refractivity (Wildman–Crippen MR) is 145 cm³/mol. The third-order valence-corrected chi connectivity index (χ3v) is 6.53. The Morgan fingerprint density at radius 1 is 0.806 bits per heavy atom. The van der Waals surface area contributed by atoms with E-state index in [-0.39, 0.29) is 11.8 Å². The van der Waals surface area contributed by atoms with Crippen molar-refractivity contribution in [2.24, 2.45) is 0 Å². The van der Waals surface area contributed by atoms with Gasteiger partial charge in [0.1, 0.15) is 0 Å². The summed E-state index contributed by atoms with van der Waals surface area (Å²) in [6, 6.07) is 28.4. The number of aryl methyl sites for hydroxylation is 2. The molecule has 0 spiro atoms. The summed E-state index contributed by atoms with van der Waals surface area (Å²) >= 11 is 1.37. The fraction of sp³-hybridized carbons (Fsp3) is 0.0690. The number of rotatable bonds is 6. The number of amides is 2. The Balaban J connectivity index is 1.57. The zero-order valence-electron chi connectivity index (χ0n) is 19.9. The van der Waals surface area contributed by atoms with Crippen molar-refractivity contribution >= 4 is 34.5 Å². The minimum absolute atomic E-state index is 0.200. The van der Waals surface area contributed by atoms with Crippen molar-refractivity contribution in [3.8, 4) is 16.9 Å². The van der Waals surface area contributed by atoms with Gasteiger partial charge in [-0.05, 0) is 61.7 Å². The van der Waals surface area contributed by atoms with E-state index >= 15 is 0 Å². The first-order valence-electron chi connectivity index (χ1n) is 11.5. The molecule has 0 atom stereocenters. The molecule has 0 unspecified atom stereocenters. The van der Waals surface area contributed by atoms with Gasteiger partial charge in [-0.2, -0.15) is 5.10 Å². The summed E-state index contributed by atoms with van der Waals surface area (Å²) in [5.74, 6) is -0.444. The van der Waals surface area contributed by atoms with Gasteiger partial charge < -0.3 is 10.6 Å². The van der Waals surface area contributed by atoms with Crippen LogP contribution in [0.2, 0.25) is 0 Å². The van der Waals surface area contributed by atoms with Crippen molar-refractivity contribution in [2.45, 2.75) is 13.8 Å². The van der Waals surface area contributed by atoms with Crippen LogP contribution in [-0.4, -0.2) is 21.6 Å². The first kappa shape index (κ1) is 23.3. The number of carbonyl (C=O) groups is 2. The molecule has 7 heteroatoms. The van der Waals surface area contributed by atoms with Gasteiger partial charge in [-0.3, -0.25) is 9.59 Å². The Bertz CT molecular complexity index is 1540. The number of thiophene rings is 1. The minimum Gasteiger partial charge on any atom is -0.321 e. The molecule has 3 aromatic carbocycles. The Kier molecular flexibility index (Phi) is 6.47. The second-order valence-corrected chi connectivity index (χ2v) is 9.38. The number of carbonyl (C=O) groups excluding carboxylic acids is 2. The number of hydrogen-bond acceptors (Lipinski definition) is 4. The zero-order valence-corrected chi connectivity index (χ0v) is 20.7. The van der Waals surface area contributed by atoms with E-state index in [0.29, 0.717) is 27.5 Å². The van der Waals surface area contributed by atoms with Gasteiger partial charge in [0.05, 0.1) is 27.6 Å². The topological polar surface area (TPSA) is 76.0 Å². The van der Waals surface area contributed by atoms with Crippen LogP contribution in [0.4, 0.5) is 11.4 Å². The van der Waals surface area contributed by atoms with Crippen LogP contribution in [0, 0.1) is 13.8 Å². The summed E-state index contributed by atoms with van der Waals surface area (Å²) in [4.78, 5) is 26.5. The summed E-state index contributed by atoms with van der Waals surface area (Å²) in [5.41, 5.74) is 6.09. The van der Waals surface area contributed by atoms with Gasteiger partial charge in [-0.15, -0.1) is 11.3 Å². The van der Waals surface area contributed by atoms with Gasteiger partial charge in [0.2, 0.25) is 0 Å². The molecule has 2 N–H and O–H groups in total. The van der Waals surface area contributed by atoms with Crippen LogP contribution in [-0.2, 0) is 0 Å². The Morgan fingerprint density at radius 2 is 1.64 bits per heavy atom. The maximum atomic E-state index is 13.2. The maximum Gasteiger partial charge on any atom is 0.265 e. The normalized spacial score (nSPS) is 10.7. The Labute approximate surface area is 213 Å².